The molecule has 2 heterocycles. The van der Waals surface area contributed by atoms with E-state index in [0.29, 0.717) is 13.1 Å². The summed E-state index contributed by atoms with van der Waals surface area (Å²) in [6.45, 7) is 10.5. The first-order valence-electron chi connectivity index (χ1n) is 6.48. The maximum atomic E-state index is 4.43. The van der Waals surface area contributed by atoms with Crippen molar-refractivity contribution in [2.24, 2.45) is 0 Å². The maximum Gasteiger partial charge on any atom is 0.164 e. The van der Waals surface area contributed by atoms with E-state index in [1.54, 1.807) is 17.3 Å². The molecule has 0 saturated heterocycles. The van der Waals surface area contributed by atoms with Crippen molar-refractivity contribution >= 4 is 0 Å². The maximum absolute atomic E-state index is 4.43. The fraction of sp³-hybridized carbons (Fsp3) is 0.667. The zero-order valence-corrected chi connectivity index (χ0v) is 12.0. The van der Waals surface area contributed by atoms with E-state index in [1.807, 2.05) is 11.6 Å². The van der Waals surface area contributed by atoms with Crippen LogP contribution in [-0.2, 0) is 19.6 Å². The van der Waals surface area contributed by atoms with E-state index in [0.717, 1.165) is 18.2 Å². The Morgan fingerprint density at radius 2 is 2.05 bits per heavy atom. The molecule has 0 amide bonds. The first kappa shape index (κ1) is 13.7. The molecule has 2 rings (SSSR count). The van der Waals surface area contributed by atoms with Crippen LogP contribution < -0.4 is 5.32 Å². The smallest absolute Gasteiger partial charge is 0.164 e. The summed E-state index contributed by atoms with van der Waals surface area (Å²) < 4.78 is 3.64. The van der Waals surface area contributed by atoms with Gasteiger partial charge in [-0.25, -0.2) is 19.3 Å². The third-order valence-corrected chi connectivity index (χ3v) is 2.66. The van der Waals surface area contributed by atoms with Crippen molar-refractivity contribution in [2.45, 2.75) is 52.9 Å². The molecular formula is C12H21N7. The molecule has 0 fully saturated rings. The van der Waals surface area contributed by atoms with Gasteiger partial charge in [0.25, 0.3) is 0 Å². The van der Waals surface area contributed by atoms with E-state index in [2.05, 4.69) is 46.3 Å². The van der Waals surface area contributed by atoms with E-state index in [4.69, 9.17) is 0 Å². The van der Waals surface area contributed by atoms with E-state index >= 15 is 0 Å². The molecule has 2 aromatic rings. The van der Waals surface area contributed by atoms with Gasteiger partial charge in [0.15, 0.2) is 5.82 Å². The Bertz CT molecular complexity index is 520. The summed E-state index contributed by atoms with van der Waals surface area (Å²) in [6, 6.07) is 0. The number of rotatable bonds is 5. The molecule has 0 radical (unpaired) electrons. The fourth-order valence-corrected chi connectivity index (χ4v) is 1.65. The Morgan fingerprint density at radius 1 is 1.26 bits per heavy atom. The van der Waals surface area contributed by atoms with Crippen molar-refractivity contribution in [3.05, 3.63) is 24.3 Å². The van der Waals surface area contributed by atoms with Gasteiger partial charge in [-0.1, -0.05) is 0 Å². The molecule has 0 atom stereocenters. The normalized spacial score (nSPS) is 12.0. The Labute approximate surface area is 113 Å². The molecule has 7 nitrogen and oxygen atoms in total. The molecule has 1 N–H and O–H groups in total. The number of hydrogen-bond acceptors (Lipinski definition) is 5. The highest BCUT2D eigenvalue weighted by atomic mass is 15.4. The number of aryl methyl sites for hydroxylation is 1. The molecule has 0 aliphatic heterocycles. The molecule has 7 heteroatoms. The second-order valence-electron chi connectivity index (χ2n) is 5.45. The topological polar surface area (TPSA) is 73.5 Å². The first-order chi connectivity index (χ1) is 8.98. The summed E-state index contributed by atoms with van der Waals surface area (Å²) in [5, 5.41) is 11.9. The van der Waals surface area contributed by atoms with Crippen LogP contribution in [0, 0.1) is 0 Å². The van der Waals surface area contributed by atoms with E-state index in [-0.39, 0.29) is 5.54 Å². The SMILES string of the molecule is CCn1ncnc1Cn1cnc(CNC(C)(C)C)n1. The third-order valence-electron chi connectivity index (χ3n) is 2.66. The molecule has 0 aliphatic rings. The lowest BCUT2D eigenvalue weighted by Gasteiger charge is -2.19. The minimum atomic E-state index is 0.0633. The minimum absolute atomic E-state index is 0.0633. The highest BCUT2D eigenvalue weighted by Gasteiger charge is 2.11. The molecule has 0 unspecified atom stereocenters. The molecule has 0 aliphatic carbocycles. The largest absolute Gasteiger partial charge is 0.305 e. The molecule has 104 valence electrons. The average Bonchev–Trinajstić information content (AvgIpc) is 2.95. The number of hydrogen-bond donors (Lipinski definition) is 1. The van der Waals surface area contributed by atoms with Crippen molar-refractivity contribution in [1.29, 1.82) is 0 Å². The fourth-order valence-electron chi connectivity index (χ4n) is 1.65. The van der Waals surface area contributed by atoms with Gasteiger partial charge in [-0.15, -0.1) is 0 Å². The Morgan fingerprint density at radius 3 is 2.74 bits per heavy atom. The van der Waals surface area contributed by atoms with Gasteiger partial charge in [0.1, 0.15) is 25.0 Å². The molecular weight excluding hydrogens is 242 g/mol. The molecule has 2 aromatic heterocycles. The molecule has 0 bridgehead atoms. The molecule has 0 aromatic carbocycles. The Balaban J connectivity index is 1.98. The lowest BCUT2D eigenvalue weighted by atomic mass is 10.1. The second-order valence-corrected chi connectivity index (χ2v) is 5.45. The van der Waals surface area contributed by atoms with Crippen LogP contribution in [0.25, 0.3) is 0 Å². The summed E-state index contributed by atoms with van der Waals surface area (Å²) in [5.41, 5.74) is 0.0633. The zero-order chi connectivity index (χ0) is 13.9. The highest BCUT2D eigenvalue weighted by Crippen LogP contribution is 2.02. The molecule has 0 spiro atoms. The van der Waals surface area contributed by atoms with Crippen LogP contribution in [0.2, 0.25) is 0 Å². The average molecular weight is 263 g/mol. The second kappa shape index (κ2) is 5.48. The van der Waals surface area contributed by atoms with Gasteiger partial charge in [0, 0.05) is 12.1 Å². The van der Waals surface area contributed by atoms with Crippen molar-refractivity contribution in [2.75, 3.05) is 0 Å². The summed E-state index contributed by atoms with van der Waals surface area (Å²) >= 11 is 0. The minimum Gasteiger partial charge on any atom is -0.305 e. The van der Waals surface area contributed by atoms with Crippen LogP contribution in [0.5, 0.6) is 0 Å². The summed E-state index contributed by atoms with van der Waals surface area (Å²) in [6.07, 6.45) is 3.30. The predicted molar refractivity (Wildman–Crippen MR) is 71.4 cm³/mol. The zero-order valence-electron chi connectivity index (χ0n) is 12.0. The lowest BCUT2D eigenvalue weighted by Crippen LogP contribution is -2.35. The van der Waals surface area contributed by atoms with Gasteiger partial charge < -0.3 is 5.32 Å². The lowest BCUT2D eigenvalue weighted by molar-refractivity contribution is 0.416. The van der Waals surface area contributed by atoms with Crippen LogP contribution in [0.4, 0.5) is 0 Å². The van der Waals surface area contributed by atoms with Gasteiger partial charge in [0.2, 0.25) is 0 Å². The van der Waals surface area contributed by atoms with Crippen molar-refractivity contribution in [1.82, 2.24) is 34.8 Å². The van der Waals surface area contributed by atoms with Crippen LogP contribution in [0.3, 0.4) is 0 Å². The third kappa shape index (κ3) is 3.85. The van der Waals surface area contributed by atoms with Gasteiger partial charge in [0.05, 0.1) is 6.54 Å². The van der Waals surface area contributed by atoms with Crippen LogP contribution in [-0.4, -0.2) is 35.1 Å². The van der Waals surface area contributed by atoms with Crippen molar-refractivity contribution in [3.63, 3.8) is 0 Å². The van der Waals surface area contributed by atoms with Gasteiger partial charge >= 0.3 is 0 Å². The Kier molecular flexibility index (Phi) is 3.94. The van der Waals surface area contributed by atoms with E-state index in [9.17, 15) is 0 Å². The van der Waals surface area contributed by atoms with E-state index in [1.165, 1.54) is 0 Å². The van der Waals surface area contributed by atoms with Gasteiger partial charge in [-0.3, -0.25) is 0 Å². The monoisotopic (exact) mass is 263 g/mol. The highest BCUT2D eigenvalue weighted by molar-refractivity contribution is 4.89. The Hall–Kier alpha value is -1.76. The van der Waals surface area contributed by atoms with Gasteiger partial charge in [-0.05, 0) is 27.7 Å². The van der Waals surface area contributed by atoms with E-state index < -0.39 is 0 Å². The van der Waals surface area contributed by atoms with Crippen molar-refractivity contribution < 1.29 is 0 Å². The van der Waals surface area contributed by atoms with Gasteiger partial charge in [-0.2, -0.15) is 10.2 Å². The van der Waals surface area contributed by atoms with Crippen LogP contribution >= 0.6 is 0 Å². The van der Waals surface area contributed by atoms with Crippen LogP contribution in [0.1, 0.15) is 39.3 Å². The summed E-state index contributed by atoms with van der Waals surface area (Å²) in [5.74, 6) is 1.68. The quantitative estimate of drug-likeness (QED) is 0.864. The number of nitrogens with one attached hydrogen (secondary N) is 1. The molecule has 0 saturated carbocycles. The first-order valence-corrected chi connectivity index (χ1v) is 6.48. The predicted octanol–water partition coefficient (Wildman–Crippen LogP) is 0.826. The molecule has 19 heavy (non-hydrogen) atoms. The van der Waals surface area contributed by atoms with Crippen LogP contribution in [0.15, 0.2) is 12.7 Å². The number of nitrogens with zero attached hydrogens (tertiary/aromatic N) is 6. The summed E-state index contributed by atoms with van der Waals surface area (Å²) in [7, 11) is 0. The summed E-state index contributed by atoms with van der Waals surface area (Å²) in [4.78, 5) is 8.51. The standard InChI is InChI=1S/C12H21N7/c1-5-19-11(13-8-16-19)7-18-9-14-10(17-18)6-15-12(2,3)4/h8-9,15H,5-7H2,1-4H3. The van der Waals surface area contributed by atoms with Crippen molar-refractivity contribution in [3.8, 4) is 0 Å². The number of aromatic nitrogens is 6.